The van der Waals surface area contributed by atoms with Gasteiger partial charge in [-0.1, -0.05) is 24.3 Å². The van der Waals surface area contributed by atoms with Gasteiger partial charge in [0.25, 0.3) is 5.91 Å². The van der Waals surface area contributed by atoms with E-state index in [1.807, 2.05) is 24.3 Å². The average Bonchev–Trinajstić information content (AvgIpc) is 2.62. The number of amides is 1. The summed E-state index contributed by atoms with van der Waals surface area (Å²) in [5.41, 5.74) is 0.951. The Balaban J connectivity index is 2.04. The molecule has 1 N–H and O–H groups in total. The molecule has 0 fully saturated rings. The van der Waals surface area contributed by atoms with Crippen molar-refractivity contribution in [3.05, 3.63) is 72.0 Å². The Hall–Kier alpha value is -2.44. The summed E-state index contributed by atoms with van der Waals surface area (Å²) in [6.07, 6.45) is 0. The molecule has 0 atom stereocenters. The Labute approximate surface area is 147 Å². The van der Waals surface area contributed by atoms with Crippen molar-refractivity contribution >= 4 is 38.5 Å². The van der Waals surface area contributed by atoms with Crippen LogP contribution in [-0.2, 0) is 0 Å². The third kappa shape index (κ3) is 3.11. The second-order valence-corrected chi connectivity index (χ2v) is 5.46. The summed E-state index contributed by atoms with van der Waals surface area (Å²) in [6, 6.07) is 16.8. The number of nitrogens with zero attached hydrogens (tertiary/aromatic N) is 1. The van der Waals surface area contributed by atoms with Crippen LogP contribution in [0.3, 0.4) is 0 Å². The number of benzene rings is 3. The molecule has 0 saturated heterocycles. The maximum Gasteiger partial charge on any atom is 0.273 e. The van der Waals surface area contributed by atoms with Crippen LogP contribution in [0.1, 0.15) is 10.4 Å². The van der Waals surface area contributed by atoms with Gasteiger partial charge in [-0.05, 0) is 41.8 Å². The zero-order valence-corrected chi connectivity index (χ0v) is 14.4. The van der Waals surface area contributed by atoms with Crippen molar-refractivity contribution < 1.29 is 13.9 Å². The smallest absolute Gasteiger partial charge is 0.273 e. The number of hydrogen-bond acceptors (Lipinski definition) is 3. The van der Waals surface area contributed by atoms with Crippen molar-refractivity contribution in [3.63, 3.8) is 0 Å². The number of carbonyl (C=O) groups excluding carboxylic acids is 1. The number of fused-ring (bicyclic) bond motifs is 1. The van der Waals surface area contributed by atoms with Crippen molar-refractivity contribution in [1.82, 2.24) is 4.45 Å². The normalized spacial score (nSPS) is 10.6. The maximum absolute atomic E-state index is 13.1. The van der Waals surface area contributed by atoms with Gasteiger partial charge in [-0.2, -0.15) is 4.45 Å². The van der Waals surface area contributed by atoms with E-state index in [9.17, 15) is 9.18 Å². The summed E-state index contributed by atoms with van der Waals surface area (Å²) >= 11 is 3.08. The molecule has 1 amide bonds. The fourth-order valence-electron chi connectivity index (χ4n) is 2.49. The van der Waals surface area contributed by atoms with Gasteiger partial charge < -0.3 is 4.74 Å². The molecule has 4 nitrogen and oxygen atoms in total. The lowest BCUT2D eigenvalue weighted by molar-refractivity contribution is 0.0983. The second kappa shape index (κ2) is 6.98. The minimum absolute atomic E-state index is 0.303. The molecule has 3 aromatic rings. The van der Waals surface area contributed by atoms with Crippen molar-refractivity contribution in [2.75, 3.05) is 12.1 Å². The van der Waals surface area contributed by atoms with Crippen molar-refractivity contribution in [2.45, 2.75) is 0 Å². The molecule has 24 heavy (non-hydrogen) atoms. The molecule has 122 valence electrons. The Morgan fingerprint density at radius 3 is 2.50 bits per heavy atom. The molecule has 0 aliphatic rings. The standard InChI is InChI=1S/C18H14BrFN2O2/c1-24-17-11-13(10-12-4-2-3-5-16(12)17)18(23)22(21-19)15-8-6-14(20)7-9-15/h2-11,21H,1H3. The van der Waals surface area contributed by atoms with E-state index in [2.05, 4.69) is 20.6 Å². The first-order valence-electron chi connectivity index (χ1n) is 7.17. The van der Waals surface area contributed by atoms with E-state index in [0.717, 1.165) is 10.8 Å². The zero-order chi connectivity index (χ0) is 17.1. The van der Waals surface area contributed by atoms with Crippen molar-refractivity contribution in [3.8, 4) is 5.75 Å². The van der Waals surface area contributed by atoms with E-state index >= 15 is 0 Å². The van der Waals surface area contributed by atoms with Gasteiger partial charge in [-0.25, -0.2) is 9.40 Å². The van der Waals surface area contributed by atoms with Crippen LogP contribution in [0.25, 0.3) is 10.8 Å². The van der Waals surface area contributed by atoms with Crippen LogP contribution in [0.4, 0.5) is 10.1 Å². The predicted molar refractivity (Wildman–Crippen MR) is 95.8 cm³/mol. The molecule has 6 heteroatoms. The highest BCUT2D eigenvalue weighted by Crippen LogP contribution is 2.28. The number of rotatable bonds is 4. The van der Waals surface area contributed by atoms with Crippen LogP contribution in [0.2, 0.25) is 0 Å². The maximum atomic E-state index is 13.1. The first-order valence-corrected chi connectivity index (χ1v) is 7.96. The molecule has 0 spiro atoms. The summed E-state index contributed by atoms with van der Waals surface area (Å²) < 4.78 is 21.2. The predicted octanol–water partition coefficient (Wildman–Crippen LogP) is 4.45. The Morgan fingerprint density at radius 2 is 1.83 bits per heavy atom. The fraction of sp³-hybridized carbons (Fsp3) is 0.0556. The monoisotopic (exact) mass is 388 g/mol. The number of hydrogen-bond donors (Lipinski definition) is 1. The minimum atomic E-state index is -0.368. The summed E-state index contributed by atoms with van der Waals surface area (Å²) in [6.45, 7) is 0. The first kappa shape index (κ1) is 16.4. The SMILES string of the molecule is COc1cc(C(=O)N(NBr)c2ccc(F)cc2)cc2ccccc12. The lowest BCUT2D eigenvalue weighted by Crippen LogP contribution is -2.37. The zero-order valence-electron chi connectivity index (χ0n) is 12.8. The average molecular weight is 389 g/mol. The van der Waals surface area contributed by atoms with Gasteiger partial charge in [-0.3, -0.25) is 4.79 Å². The van der Waals surface area contributed by atoms with Crippen molar-refractivity contribution in [2.24, 2.45) is 0 Å². The van der Waals surface area contributed by atoms with Crippen LogP contribution >= 0.6 is 16.1 Å². The summed E-state index contributed by atoms with van der Waals surface area (Å²) in [4.78, 5) is 12.9. The van der Waals surface area contributed by atoms with Crippen LogP contribution in [0, 0.1) is 5.82 Å². The topological polar surface area (TPSA) is 41.6 Å². The van der Waals surface area contributed by atoms with Gasteiger partial charge >= 0.3 is 0 Å². The van der Waals surface area contributed by atoms with Gasteiger partial charge in [0.1, 0.15) is 11.6 Å². The quantitative estimate of drug-likeness (QED) is 0.530. The molecule has 0 unspecified atom stereocenters. The number of carbonyl (C=O) groups is 1. The van der Waals surface area contributed by atoms with Crippen molar-refractivity contribution in [1.29, 1.82) is 0 Å². The molecular formula is C18H14BrFN2O2. The van der Waals surface area contributed by atoms with E-state index in [4.69, 9.17) is 4.74 Å². The number of methoxy groups -OCH3 is 1. The van der Waals surface area contributed by atoms with Crippen LogP contribution in [0.5, 0.6) is 5.75 Å². The molecule has 0 radical (unpaired) electrons. The Morgan fingerprint density at radius 1 is 1.12 bits per heavy atom. The van der Waals surface area contributed by atoms with Gasteiger partial charge in [0, 0.05) is 27.1 Å². The third-order valence-corrected chi connectivity index (χ3v) is 4.02. The number of ether oxygens (including phenoxy) is 1. The van der Waals surface area contributed by atoms with Crippen LogP contribution in [0.15, 0.2) is 60.7 Å². The number of halogens is 2. The van der Waals surface area contributed by atoms with Gasteiger partial charge in [0.2, 0.25) is 0 Å². The largest absolute Gasteiger partial charge is 0.496 e. The van der Waals surface area contributed by atoms with Crippen LogP contribution < -0.4 is 14.2 Å². The molecule has 0 saturated carbocycles. The Kier molecular flexibility index (Phi) is 4.78. The second-order valence-electron chi connectivity index (χ2n) is 5.10. The van der Waals surface area contributed by atoms with Gasteiger partial charge in [0.05, 0.1) is 12.8 Å². The number of nitrogens with one attached hydrogen (secondary N) is 1. The molecule has 0 heterocycles. The third-order valence-electron chi connectivity index (χ3n) is 3.66. The molecule has 0 aliphatic heterocycles. The van der Waals surface area contributed by atoms with E-state index in [1.165, 1.54) is 29.3 Å². The van der Waals surface area contributed by atoms with E-state index in [-0.39, 0.29) is 11.7 Å². The van der Waals surface area contributed by atoms with Crippen LogP contribution in [-0.4, -0.2) is 13.0 Å². The van der Waals surface area contributed by atoms with E-state index in [1.54, 1.807) is 19.2 Å². The van der Waals surface area contributed by atoms with Gasteiger partial charge in [-0.15, -0.1) is 0 Å². The lowest BCUT2D eigenvalue weighted by atomic mass is 10.0. The molecule has 0 aliphatic carbocycles. The Bertz CT molecular complexity index is 884. The molecule has 3 aromatic carbocycles. The number of anilines is 1. The highest BCUT2D eigenvalue weighted by Gasteiger charge is 2.19. The summed E-state index contributed by atoms with van der Waals surface area (Å²) in [5, 5.41) is 3.11. The number of hydrazine groups is 1. The van der Waals surface area contributed by atoms with E-state index < -0.39 is 0 Å². The van der Waals surface area contributed by atoms with E-state index in [0.29, 0.717) is 17.0 Å². The molecule has 3 rings (SSSR count). The summed E-state index contributed by atoms with van der Waals surface area (Å²) in [5.74, 6) is -0.0549. The van der Waals surface area contributed by atoms with Gasteiger partial charge in [0.15, 0.2) is 0 Å². The first-order chi connectivity index (χ1) is 11.6. The molecule has 0 bridgehead atoms. The molecular weight excluding hydrogens is 375 g/mol. The lowest BCUT2D eigenvalue weighted by Gasteiger charge is -2.20. The highest BCUT2D eigenvalue weighted by atomic mass is 79.9. The minimum Gasteiger partial charge on any atom is -0.496 e. The fourth-order valence-corrected chi connectivity index (χ4v) is 2.86. The molecule has 0 aromatic heterocycles. The summed E-state index contributed by atoms with van der Waals surface area (Å²) in [7, 11) is 1.57. The highest BCUT2D eigenvalue weighted by molar-refractivity contribution is 9.08.